The second-order valence-corrected chi connectivity index (χ2v) is 5.89. The summed E-state index contributed by atoms with van der Waals surface area (Å²) in [5.41, 5.74) is 0. The van der Waals surface area contributed by atoms with E-state index in [1.54, 1.807) is 11.3 Å². The van der Waals surface area contributed by atoms with Crippen LogP contribution < -0.4 is 5.32 Å². The Bertz CT molecular complexity index is 511. The van der Waals surface area contributed by atoms with Gasteiger partial charge in [-0.3, -0.25) is 0 Å². The quantitative estimate of drug-likeness (QED) is 0.916. The Labute approximate surface area is 111 Å². The van der Waals surface area contributed by atoms with Gasteiger partial charge in [-0.05, 0) is 25.8 Å². The fraction of sp³-hybridized carbons (Fsp3) is 0.750. The van der Waals surface area contributed by atoms with E-state index in [4.69, 9.17) is 0 Å². The summed E-state index contributed by atoms with van der Waals surface area (Å²) in [6.07, 6.45) is 7.12. The van der Waals surface area contributed by atoms with Crippen molar-refractivity contribution >= 4 is 16.3 Å². The first-order valence-electron chi connectivity index (χ1n) is 6.80. The van der Waals surface area contributed by atoms with Crippen molar-refractivity contribution in [2.45, 2.75) is 51.5 Å². The number of aryl methyl sites for hydroxylation is 2. The number of hydrogen-bond acceptors (Lipinski definition) is 5. The third-order valence-electron chi connectivity index (χ3n) is 3.53. The van der Waals surface area contributed by atoms with Crippen molar-refractivity contribution in [2.24, 2.45) is 0 Å². The van der Waals surface area contributed by atoms with E-state index in [1.165, 1.54) is 37.2 Å². The second kappa shape index (κ2) is 5.32. The van der Waals surface area contributed by atoms with Crippen LogP contribution in [0, 0.1) is 0 Å². The van der Waals surface area contributed by atoms with Crippen LogP contribution in [-0.2, 0) is 12.8 Å². The van der Waals surface area contributed by atoms with E-state index < -0.39 is 0 Å². The summed E-state index contributed by atoms with van der Waals surface area (Å²) in [4.78, 5) is 0.929. The zero-order chi connectivity index (χ0) is 12.4. The fourth-order valence-corrected chi connectivity index (χ4v) is 3.35. The molecule has 3 rings (SSSR count). The van der Waals surface area contributed by atoms with Gasteiger partial charge in [0.2, 0.25) is 4.96 Å². The third kappa shape index (κ3) is 2.40. The van der Waals surface area contributed by atoms with E-state index in [9.17, 15) is 0 Å². The van der Waals surface area contributed by atoms with E-state index in [-0.39, 0.29) is 0 Å². The molecular formula is C12H19N5S. The number of nitrogens with one attached hydrogen (secondary N) is 1. The molecule has 1 N–H and O–H groups in total. The molecular weight excluding hydrogens is 246 g/mol. The van der Waals surface area contributed by atoms with Gasteiger partial charge in [0.25, 0.3) is 0 Å². The molecule has 0 aromatic carbocycles. The van der Waals surface area contributed by atoms with Crippen LogP contribution in [0.25, 0.3) is 4.96 Å². The van der Waals surface area contributed by atoms with Crippen molar-refractivity contribution in [3.63, 3.8) is 0 Å². The van der Waals surface area contributed by atoms with Gasteiger partial charge in [0, 0.05) is 18.9 Å². The number of aromatic nitrogens is 4. The Morgan fingerprint density at radius 3 is 3.11 bits per heavy atom. The first kappa shape index (κ1) is 12.0. The highest BCUT2D eigenvalue weighted by Gasteiger charge is 2.15. The maximum Gasteiger partial charge on any atom is 0.234 e. The van der Waals surface area contributed by atoms with Crippen LogP contribution in [0.1, 0.15) is 43.4 Å². The first-order valence-corrected chi connectivity index (χ1v) is 7.62. The number of piperidine rings is 1. The van der Waals surface area contributed by atoms with Gasteiger partial charge in [-0.15, -0.1) is 10.2 Å². The Balaban J connectivity index is 1.65. The van der Waals surface area contributed by atoms with E-state index in [0.29, 0.717) is 6.04 Å². The molecule has 1 unspecified atom stereocenters. The smallest absolute Gasteiger partial charge is 0.234 e. The van der Waals surface area contributed by atoms with Gasteiger partial charge in [0.1, 0.15) is 5.01 Å². The molecule has 3 heterocycles. The molecule has 0 saturated carbocycles. The van der Waals surface area contributed by atoms with Crippen LogP contribution in [0.3, 0.4) is 0 Å². The van der Waals surface area contributed by atoms with Crippen molar-refractivity contribution in [3.8, 4) is 0 Å². The number of hydrogen-bond donors (Lipinski definition) is 1. The van der Waals surface area contributed by atoms with Gasteiger partial charge >= 0.3 is 0 Å². The Morgan fingerprint density at radius 2 is 2.33 bits per heavy atom. The summed E-state index contributed by atoms with van der Waals surface area (Å²) in [5.74, 6) is 0.961. The maximum atomic E-state index is 4.61. The summed E-state index contributed by atoms with van der Waals surface area (Å²) >= 11 is 1.67. The van der Waals surface area contributed by atoms with E-state index >= 15 is 0 Å². The van der Waals surface area contributed by atoms with Crippen molar-refractivity contribution in [1.29, 1.82) is 0 Å². The molecule has 0 amide bonds. The minimum Gasteiger partial charge on any atom is -0.314 e. The lowest BCUT2D eigenvalue weighted by Crippen LogP contribution is -2.34. The van der Waals surface area contributed by atoms with Gasteiger partial charge in [-0.2, -0.15) is 9.61 Å². The van der Waals surface area contributed by atoms with Crippen LogP contribution in [0.5, 0.6) is 0 Å². The lowest BCUT2D eigenvalue weighted by Gasteiger charge is -2.22. The third-order valence-corrected chi connectivity index (χ3v) is 4.49. The second-order valence-electron chi connectivity index (χ2n) is 4.85. The molecule has 1 fully saturated rings. The molecule has 0 radical (unpaired) electrons. The summed E-state index contributed by atoms with van der Waals surface area (Å²) in [5, 5.41) is 17.6. The molecule has 1 saturated heterocycles. The van der Waals surface area contributed by atoms with Gasteiger partial charge in [-0.1, -0.05) is 24.7 Å². The predicted molar refractivity (Wildman–Crippen MR) is 72.0 cm³/mol. The van der Waals surface area contributed by atoms with Gasteiger partial charge in [0.05, 0.1) is 0 Å². The lowest BCUT2D eigenvalue weighted by molar-refractivity contribution is 0.382. The molecule has 6 heteroatoms. The summed E-state index contributed by atoms with van der Waals surface area (Å²) in [6, 6.07) is 0.679. The minimum atomic E-state index is 0.679. The SMILES string of the molecule is CCc1nnc2sc(CCC3CCCCN3)nn12. The van der Waals surface area contributed by atoms with Crippen molar-refractivity contribution in [2.75, 3.05) is 6.54 Å². The zero-order valence-corrected chi connectivity index (χ0v) is 11.5. The van der Waals surface area contributed by atoms with E-state index in [2.05, 4.69) is 27.5 Å². The van der Waals surface area contributed by atoms with E-state index in [1.807, 2.05) is 4.52 Å². The molecule has 1 atom stereocenters. The van der Waals surface area contributed by atoms with Crippen LogP contribution in [0.2, 0.25) is 0 Å². The first-order chi connectivity index (χ1) is 8.86. The van der Waals surface area contributed by atoms with Crippen LogP contribution >= 0.6 is 11.3 Å². The topological polar surface area (TPSA) is 55.1 Å². The number of rotatable bonds is 4. The van der Waals surface area contributed by atoms with Gasteiger partial charge in [0.15, 0.2) is 5.82 Å². The Morgan fingerprint density at radius 1 is 1.39 bits per heavy atom. The number of nitrogens with zero attached hydrogens (tertiary/aromatic N) is 4. The lowest BCUT2D eigenvalue weighted by atomic mass is 10.0. The molecule has 0 aliphatic carbocycles. The highest BCUT2D eigenvalue weighted by atomic mass is 32.1. The molecule has 1 aliphatic heterocycles. The normalized spacial score (nSPS) is 20.6. The summed E-state index contributed by atoms with van der Waals surface area (Å²) < 4.78 is 1.90. The fourth-order valence-electron chi connectivity index (χ4n) is 2.49. The highest BCUT2D eigenvalue weighted by molar-refractivity contribution is 7.16. The molecule has 18 heavy (non-hydrogen) atoms. The molecule has 2 aromatic heterocycles. The van der Waals surface area contributed by atoms with Crippen molar-refractivity contribution < 1.29 is 0 Å². The standard InChI is InChI=1S/C12H19N5S/c1-2-10-14-15-12-17(10)16-11(18-12)7-6-9-5-3-4-8-13-9/h9,13H,2-8H2,1H3. The molecule has 0 bridgehead atoms. The number of fused-ring (bicyclic) bond motifs is 1. The monoisotopic (exact) mass is 265 g/mol. The molecule has 5 nitrogen and oxygen atoms in total. The van der Waals surface area contributed by atoms with E-state index in [0.717, 1.165) is 23.6 Å². The van der Waals surface area contributed by atoms with Crippen molar-refractivity contribution in [3.05, 3.63) is 10.8 Å². The molecule has 0 spiro atoms. The average Bonchev–Trinajstić information content (AvgIpc) is 2.97. The van der Waals surface area contributed by atoms with Gasteiger partial charge < -0.3 is 5.32 Å². The zero-order valence-electron chi connectivity index (χ0n) is 10.7. The summed E-state index contributed by atoms with van der Waals surface area (Å²) in [7, 11) is 0. The van der Waals surface area contributed by atoms with Gasteiger partial charge in [-0.25, -0.2) is 0 Å². The Kier molecular flexibility index (Phi) is 3.56. The van der Waals surface area contributed by atoms with Crippen molar-refractivity contribution in [1.82, 2.24) is 25.1 Å². The maximum absolute atomic E-state index is 4.61. The predicted octanol–water partition coefficient (Wildman–Crippen LogP) is 1.82. The average molecular weight is 265 g/mol. The molecule has 1 aliphatic rings. The Hall–Kier alpha value is -1.01. The van der Waals surface area contributed by atoms with Crippen LogP contribution in [0.4, 0.5) is 0 Å². The molecule has 2 aromatic rings. The molecule has 98 valence electrons. The minimum absolute atomic E-state index is 0.679. The van der Waals surface area contributed by atoms with Crippen LogP contribution in [-0.4, -0.2) is 32.4 Å². The highest BCUT2D eigenvalue weighted by Crippen LogP contribution is 2.18. The summed E-state index contributed by atoms with van der Waals surface area (Å²) in [6.45, 7) is 3.26. The largest absolute Gasteiger partial charge is 0.314 e. The van der Waals surface area contributed by atoms with Crippen LogP contribution in [0.15, 0.2) is 0 Å².